The topological polar surface area (TPSA) is 44.8 Å². The molecule has 1 saturated heterocycles. The summed E-state index contributed by atoms with van der Waals surface area (Å²) >= 11 is 0. The molecule has 2 atom stereocenters. The lowest BCUT2D eigenvalue weighted by Gasteiger charge is -2.34. The molecular formula is C24H25F3O4. The van der Waals surface area contributed by atoms with Crippen molar-refractivity contribution < 1.29 is 32.2 Å². The fourth-order valence-corrected chi connectivity index (χ4v) is 3.62. The van der Waals surface area contributed by atoms with Crippen LogP contribution in [0.15, 0.2) is 49.1 Å². The van der Waals surface area contributed by atoms with E-state index in [1.54, 1.807) is 13.0 Å². The summed E-state index contributed by atoms with van der Waals surface area (Å²) in [5.74, 6) is -0.749. The maximum atomic E-state index is 14.6. The third-order valence-corrected chi connectivity index (χ3v) is 5.35. The summed E-state index contributed by atoms with van der Waals surface area (Å²) < 4.78 is 59.4. The third kappa shape index (κ3) is 5.28. The van der Waals surface area contributed by atoms with Gasteiger partial charge in [-0.25, -0.2) is 4.39 Å². The highest BCUT2D eigenvalue weighted by Crippen LogP contribution is 2.38. The molecule has 2 aromatic carbocycles. The second-order valence-corrected chi connectivity index (χ2v) is 7.53. The van der Waals surface area contributed by atoms with Crippen molar-refractivity contribution in [3.05, 3.63) is 71.6 Å². The van der Waals surface area contributed by atoms with Crippen LogP contribution in [-0.4, -0.2) is 31.2 Å². The van der Waals surface area contributed by atoms with Gasteiger partial charge in [0.25, 0.3) is 0 Å². The molecule has 0 amide bonds. The summed E-state index contributed by atoms with van der Waals surface area (Å²) in [6.45, 7) is 6.79. The molecule has 2 aromatic rings. The van der Waals surface area contributed by atoms with Crippen molar-refractivity contribution in [2.24, 2.45) is 0 Å². The number of carbonyl (C=O) groups is 1. The van der Waals surface area contributed by atoms with Crippen molar-refractivity contribution in [3.8, 4) is 11.5 Å². The SMILES string of the molecule is C=CCOc1ccc(C2CCC(C(F)(F)Oc3ccc(C(C)=O)cc3)OC2)c(C)c1F. The number of hydrogen-bond acceptors (Lipinski definition) is 4. The van der Waals surface area contributed by atoms with Gasteiger partial charge >= 0.3 is 6.11 Å². The van der Waals surface area contributed by atoms with E-state index in [0.717, 1.165) is 0 Å². The molecule has 0 spiro atoms. The van der Waals surface area contributed by atoms with Gasteiger partial charge in [0.2, 0.25) is 0 Å². The van der Waals surface area contributed by atoms with Gasteiger partial charge in [0.05, 0.1) is 6.61 Å². The Morgan fingerprint density at radius 1 is 1.23 bits per heavy atom. The molecule has 1 fully saturated rings. The lowest BCUT2D eigenvalue weighted by atomic mass is 9.88. The number of ketones is 1. The minimum atomic E-state index is -3.54. The number of Topliss-reactive ketones (excluding diaryl/α,β-unsaturated/α-hetero) is 1. The molecule has 0 bridgehead atoms. The van der Waals surface area contributed by atoms with Crippen molar-refractivity contribution >= 4 is 5.78 Å². The van der Waals surface area contributed by atoms with Gasteiger partial charge in [-0.3, -0.25) is 4.79 Å². The molecule has 0 saturated carbocycles. The molecule has 4 nitrogen and oxygen atoms in total. The zero-order valence-electron chi connectivity index (χ0n) is 17.5. The first-order valence-corrected chi connectivity index (χ1v) is 10.0. The van der Waals surface area contributed by atoms with E-state index in [1.807, 2.05) is 0 Å². The minimum Gasteiger partial charge on any atom is -0.486 e. The van der Waals surface area contributed by atoms with Crippen molar-refractivity contribution in [2.45, 2.75) is 44.8 Å². The van der Waals surface area contributed by atoms with Crippen LogP contribution < -0.4 is 9.47 Å². The highest BCUT2D eigenvalue weighted by atomic mass is 19.3. The predicted octanol–water partition coefficient (Wildman–Crippen LogP) is 5.84. The molecule has 166 valence electrons. The fourth-order valence-electron chi connectivity index (χ4n) is 3.62. The molecule has 1 aliphatic heterocycles. The molecule has 7 heteroatoms. The number of hydrogen-bond donors (Lipinski definition) is 0. The van der Waals surface area contributed by atoms with Crippen molar-refractivity contribution in [1.82, 2.24) is 0 Å². The van der Waals surface area contributed by atoms with Gasteiger partial charge in [-0.2, -0.15) is 8.78 Å². The van der Waals surface area contributed by atoms with Crippen molar-refractivity contribution in [1.29, 1.82) is 0 Å². The number of alkyl halides is 2. The van der Waals surface area contributed by atoms with Crippen LogP contribution in [-0.2, 0) is 4.74 Å². The van der Waals surface area contributed by atoms with E-state index in [0.29, 0.717) is 23.1 Å². The first-order chi connectivity index (χ1) is 14.7. The predicted molar refractivity (Wildman–Crippen MR) is 111 cm³/mol. The summed E-state index contributed by atoms with van der Waals surface area (Å²) in [6.07, 6.45) is -2.97. The molecule has 2 unspecified atom stereocenters. The fraction of sp³-hybridized carbons (Fsp3) is 0.375. The average molecular weight is 434 g/mol. The lowest BCUT2D eigenvalue weighted by Crippen LogP contribution is -2.44. The highest BCUT2D eigenvalue weighted by molar-refractivity contribution is 5.94. The molecule has 3 rings (SSSR count). The molecule has 1 heterocycles. The van der Waals surface area contributed by atoms with E-state index in [2.05, 4.69) is 6.58 Å². The van der Waals surface area contributed by atoms with Crippen molar-refractivity contribution in [3.63, 3.8) is 0 Å². The van der Waals surface area contributed by atoms with Gasteiger partial charge in [-0.1, -0.05) is 18.7 Å². The van der Waals surface area contributed by atoms with Crippen LogP contribution in [0.3, 0.4) is 0 Å². The lowest BCUT2D eigenvalue weighted by molar-refractivity contribution is -0.262. The first-order valence-electron chi connectivity index (χ1n) is 10.0. The Morgan fingerprint density at radius 2 is 1.94 bits per heavy atom. The summed E-state index contributed by atoms with van der Waals surface area (Å²) in [5.41, 5.74) is 1.55. The Balaban J connectivity index is 1.63. The van der Waals surface area contributed by atoms with E-state index in [9.17, 15) is 18.0 Å². The largest absolute Gasteiger partial charge is 0.486 e. The van der Waals surface area contributed by atoms with Gasteiger partial charge in [0.1, 0.15) is 12.4 Å². The number of rotatable bonds is 8. The Labute approximate surface area is 179 Å². The van der Waals surface area contributed by atoms with Crippen LogP contribution in [0.2, 0.25) is 0 Å². The van der Waals surface area contributed by atoms with E-state index < -0.39 is 18.0 Å². The first kappa shape index (κ1) is 22.9. The van der Waals surface area contributed by atoms with Crippen LogP contribution in [0.1, 0.15) is 47.2 Å². The molecule has 0 aromatic heterocycles. The van der Waals surface area contributed by atoms with Crippen LogP contribution in [0.5, 0.6) is 11.5 Å². The van der Waals surface area contributed by atoms with Crippen LogP contribution in [0.4, 0.5) is 13.2 Å². The molecule has 31 heavy (non-hydrogen) atoms. The standard InChI is InChI=1S/C24H25F3O4/c1-4-13-29-21-11-10-20(15(2)23(21)25)18-7-12-22(30-14-18)24(26,27)31-19-8-5-17(6-9-19)16(3)28/h4-6,8-11,18,22H,1,7,12-14H2,2-3H3. The Morgan fingerprint density at radius 3 is 2.52 bits per heavy atom. The second-order valence-electron chi connectivity index (χ2n) is 7.53. The summed E-state index contributed by atoms with van der Waals surface area (Å²) in [7, 11) is 0. The second kappa shape index (κ2) is 9.56. The molecule has 0 aliphatic carbocycles. The minimum absolute atomic E-state index is 0.0278. The smallest absolute Gasteiger partial charge is 0.424 e. The number of halogens is 3. The van der Waals surface area contributed by atoms with Crippen LogP contribution in [0.25, 0.3) is 0 Å². The summed E-state index contributed by atoms with van der Waals surface area (Å²) in [4.78, 5) is 11.3. The Kier molecular flexibility index (Phi) is 7.05. The number of ether oxygens (including phenoxy) is 3. The molecule has 0 radical (unpaired) electrons. The maximum Gasteiger partial charge on any atom is 0.424 e. The molecular weight excluding hydrogens is 409 g/mol. The van der Waals surface area contributed by atoms with E-state index in [-0.39, 0.29) is 42.8 Å². The highest BCUT2D eigenvalue weighted by Gasteiger charge is 2.45. The normalized spacial score (nSPS) is 19.0. The van der Waals surface area contributed by atoms with E-state index >= 15 is 0 Å². The van der Waals surface area contributed by atoms with Crippen LogP contribution in [0, 0.1) is 12.7 Å². The maximum absolute atomic E-state index is 14.6. The summed E-state index contributed by atoms with van der Waals surface area (Å²) in [6, 6.07) is 8.82. The van der Waals surface area contributed by atoms with Crippen LogP contribution >= 0.6 is 0 Å². The van der Waals surface area contributed by atoms with Gasteiger partial charge in [-0.15, -0.1) is 0 Å². The zero-order valence-corrected chi connectivity index (χ0v) is 17.5. The quantitative estimate of drug-likeness (QED) is 0.387. The monoisotopic (exact) mass is 434 g/mol. The van der Waals surface area contributed by atoms with E-state index in [1.165, 1.54) is 43.3 Å². The Bertz CT molecular complexity index is 933. The average Bonchev–Trinajstić information content (AvgIpc) is 2.75. The van der Waals surface area contributed by atoms with Crippen molar-refractivity contribution in [2.75, 3.05) is 13.2 Å². The van der Waals surface area contributed by atoms with Gasteiger partial charge in [-0.05, 0) is 68.1 Å². The number of benzene rings is 2. The van der Waals surface area contributed by atoms with Gasteiger partial charge in [0.15, 0.2) is 23.5 Å². The van der Waals surface area contributed by atoms with Gasteiger partial charge < -0.3 is 14.2 Å². The van der Waals surface area contributed by atoms with E-state index in [4.69, 9.17) is 14.2 Å². The molecule has 0 N–H and O–H groups in total. The Hall–Kier alpha value is -2.80. The zero-order chi connectivity index (χ0) is 22.6. The molecule has 1 aliphatic rings. The summed E-state index contributed by atoms with van der Waals surface area (Å²) in [5, 5.41) is 0. The number of carbonyl (C=O) groups excluding carboxylic acids is 1. The van der Waals surface area contributed by atoms with Gasteiger partial charge in [0, 0.05) is 11.5 Å². The third-order valence-electron chi connectivity index (χ3n) is 5.35.